The molecule has 0 aliphatic carbocycles. The number of carbonyl (C=O) groups is 1. The minimum atomic E-state index is -0.855. The van der Waals surface area contributed by atoms with Crippen LogP contribution in [0.3, 0.4) is 0 Å². The Labute approximate surface area is 116 Å². The number of carbonyl (C=O) groups excluding carboxylic acids is 1. The Balaban J connectivity index is 2.14. The molecule has 0 saturated carbocycles. The molecule has 0 bridgehead atoms. The SMILES string of the molecule is N#Cc1ccc(NC(=O)C(C#N)c2ccccc2)cc1. The van der Waals surface area contributed by atoms with E-state index in [0.29, 0.717) is 16.8 Å². The minimum Gasteiger partial charge on any atom is -0.325 e. The fourth-order valence-electron chi connectivity index (χ4n) is 1.77. The van der Waals surface area contributed by atoms with Crippen molar-refractivity contribution in [3.05, 3.63) is 65.7 Å². The van der Waals surface area contributed by atoms with Crippen molar-refractivity contribution in [2.45, 2.75) is 5.92 Å². The average molecular weight is 261 g/mol. The van der Waals surface area contributed by atoms with Gasteiger partial charge in [0, 0.05) is 5.69 Å². The molecule has 2 aromatic carbocycles. The van der Waals surface area contributed by atoms with E-state index in [9.17, 15) is 4.79 Å². The predicted molar refractivity (Wildman–Crippen MR) is 74.6 cm³/mol. The molecule has 0 aliphatic heterocycles. The second-order valence-electron chi connectivity index (χ2n) is 4.15. The number of nitrogens with one attached hydrogen (secondary N) is 1. The molecule has 0 spiro atoms. The van der Waals surface area contributed by atoms with Gasteiger partial charge in [-0.3, -0.25) is 4.79 Å². The van der Waals surface area contributed by atoms with E-state index in [4.69, 9.17) is 10.5 Å². The fourth-order valence-corrected chi connectivity index (χ4v) is 1.77. The second kappa shape index (κ2) is 6.17. The van der Waals surface area contributed by atoms with Crippen molar-refractivity contribution in [3.63, 3.8) is 0 Å². The van der Waals surface area contributed by atoms with Crippen LogP contribution in [-0.2, 0) is 4.79 Å². The molecule has 96 valence electrons. The van der Waals surface area contributed by atoms with Crippen LogP contribution in [0.5, 0.6) is 0 Å². The van der Waals surface area contributed by atoms with Gasteiger partial charge in [-0.2, -0.15) is 10.5 Å². The minimum absolute atomic E-state index is 0.386. The van der Waals surface area contributed by atoms with Crippen LogP contribution in [0.25, 0.3) is 0 Å². The molecule has 20 heavy (non-hydrogen) atoms. The van der Waals surface area contributed by atoms with Crippen LogP contribution in [0.1, 0.15) is 17.0 Å². The molecule has 1 atom stereocenters. The van der Waals surface area contributed by atoms with Crippen LogP contribution in [0.15, 0.2) is 54.6 Å². The maximum Gasteiger partial charge on any atom is 0.246 e. The van der Waals surface area contributed by atoms with Crippen molar-refractivity contribution in [1.29, 1.82) is 10.5 Å². The van der Waals surface area contributed by atoms with Crippen LogP contribution >= 0.6 is 0 Å². The summed E-state index contributed by atoms with van der Waals surface area (Å²) in [6, 6.07) is 19.4. The largest absolute Gasteiger partial charge is 0.325 e. The number of nitrogens with zero attached hydrogens (tertiary/aromatic N) is 2. The number of rotatable bonds is 3. The van der Waals surface area contributed by atoms with Crippen molar-refractivity contribution in [3.8, 4) is 12.1 Å². The molecular weight excluding hydrogens is 250 g/mol. The van der Waals surface area contributed by atoms with E-state index in [1.54, 1.807) is 48.5 Å². The Kier molecular flexibility index (Phi) is 4.11. The van der Waals surface area contributed by atoms with Crippen LogP contribution in [-0.4, -0.2) is 5.91 Å². The third-order valence-corrected chi connectivity index (χ3v) is 2.81. The van der Waals surface area contributed by atoms with Crippen molar-refractivity contribution >= 4 is 11.6 Å². The third kappa shape index (κ3) is 3.01. The molecule has 2 rings (SSSR count). The highest BCUT2D eigenvalue weighted by atomic mass is 16.1. The quantitative estimate of drug-likeness (QED) is 0.922. The van der Waals surface area contributed by atoms with Crippen molar-refractivity contribution in [1.82, 2.24) is 0 Å². The first-order valence-electron chi connectivity index (χ1n) is 6.00. The molecule has 2 aromatic rings. The summed E-state index contributed by atoms with van der Waals surface area (Å²) in [5.74, 6) is -1.24. The Morgan fingerprint density at radius 3 is 2.20 bits per heavy atom. The molecule has 0 aliphatic rings. The van der Waals surface area contributed by atoms with Gasteiger partial charge in [0.25, 0.3) is 0 Å². The van der Waals surface area contributed by atoms with E-state index in [1.807, 2.05) is 18.2 Å². The van der Waals surface area contributed by atoms with Crippen molar-refractivity contribution in [2.75, 3.05) is 5.32 Å². The molecule has 0 heterocycles. The number of hydrogen-bond donors (Lipinski definition) is 1. The lowest BCUT2D eigenvalue weighted by Gasteiger charge is -2.10. The van der Waals surface area contributed by atoms with Gasteiger partial charge in [0.2, 0.25) is 5.91 Å². The summed E-state index contributed by atoms with van der Waals surface area (Å²) in [5.41, 5.74) is 1.73. The Morgan fingerprint density at radius 2 is 1.65 bits per heavy atom. The molecule has 1 unspecified atom stereocenters. The molecule has 0 fully saturated rings. The van der Waals surface area contributed by atoms with Gasteiger partial charge in [-0.25, -0.2) is 0 Å². The Hall–Kier alpha value is -3.11. The lowest BCUT2D eigenvalue weighted by molar-refractivity contribution is -0.116. The molecular formula is C16H11N3O. The smallest absolute Gasteiger partial charge is 0.246 e. The molecule has 0 radical (unpaired) electrons. The highest BCUT2D eigenvalue weighted by molar-refractivity contribution is 5.97. The van der Waals surface area contributed by atoms with Gasteiger partial charge in [-0.05, 0) is 29.8 Å². The number of nitriles is 2. The van der Waals surface area contributed by atoms with Crippen LogP contribution in [0.4, 0.5) is 5.69 Å². The third-order valence-electron chi connectivity index (χ3n) is 2.81. The van der Waals surface area contributed by atoms with Gasteiger partial charge in [-0.15, -0.1) is 0 Å². The van der Waals surface area contributed by atoms with Gasteiger partial charge < -0.3 is 5.32 Å². The van der Waals surface area contributed by atoms with Gasteiger partial charge in [0.05, 0.1) is 17.7 Å². The van der Waals surface area contributed by atoms with Crippen molar-refractivity contribution < 1.29 is 4.79 Å². The summed E-state index contributed by atoms with van der Waals surface area (Å²) >= 11 is 0. The normalized spacial score (nSPS) is 10.9. The molecule has 4 heteroatoms. The molecule has 1 amide bonds. The number of benzene rings is 2. The van der Waals surface area contributed by atoms with Gasteiger partial charge >= 0.3 is 0 Å². The lowest BCUT2D eigenvalue weighted by Crippen LogP contribution is -2.19. The fraction of sp³-hybridized carbons (Fsp3) is 0.0625. The summed E-state index contributed by atoms with van der Waals surface area (Å²) in [6.45, 7) is 0. The maximum atomic E-state index is 12.1. The Morgan fingerprint density at radius 1 is 1.00 bits per heavy atom. The van der Waals surface area contributed by atoms with E-state index in [0.717, 1.165) is 0 Å². The Bertz CT molecular complexity index is 678. The van der Waals surface area contributed by atoms with Gasteiger partial charge in [-0.1, -0.05) is 30.3 Å². The predicted octanol–water partition coefficient (Wildman–Crippen LogP) is 2.80. The number of anilines is 1. The zero-order valence-electron chi connectivity index (χ0n) is 10.6. The lowest BCUT2D eigenvalue weighted by atomic mass is 10.00. The summed E-state index contributed by atoms with van der Waals surface area (Å²) < 4.78 is 0. The number of amides is 1. The maximum absolute atomic E-state index is 12.1. The summed E-state index contributed by atoms with van der Waals surface area (Å²) in [4.78, 5) is 12.1. The molecule has 0 saturated heterocycles. The zero-order chi connectivity index (χ0) is 14.4. The first kappa shape index (κ1) is 13.3. The summed E-state index contributed by atoms with van der Waals surface area (Å²) in [6.07, 6.45) is 0. The first-order chi connectivity index (χ1) is 9.74. The van der Waals surface area contributed by atoms with Crippen molar-refractivity contribution in [2.24, 2.45) is 0 Å². The monoisotopic (exact) mass is 261 g/mol. The van der Waals surface area contributed by atoms with E-state index in [-0.39, 0.29) is 5.91 Å². The van der Waals surface area contributed by atoms with Crippen LogP contribution in [0.2, 0.25) is 0 Å². The molecule has 1 N–H and O–H groups in total. The zero-order valence-corrected chi connectivity index (χ0v) is 10.6. The molecule has 0 aromatic heterocycles. The summed E-state index contributed by atoms with van der Waals surface area (Å²) in [5, 5.41) is 20.5. The second-order valence-corrected chi connectivity index (χ2v) is 4.15. The first-order valence-corrected chi connectivity index (χ1v) is 6.00. The number of hydrogen-bond acceptors (Lipinski definition) is 3. The van der Waals surface area contributed by atoms with Crippen LogP contribution < -0.4 is 5.32 Å². The van der Waals surface area contributed by atoms with Gasteiger partial charge in [0.1, 0.15) is 0 Å². The standard InChI is InChI=1S/C16H11N3O/c17-10-12-6-8-14(9-7-12)19-16(20)15(11-18)13-4-2-1-3-5-13/h1-9,15H,(H,19,20). The van der Waals surface area contributed by atoms with Crippen LogP contribution in [0, 0.1) is 22.7 Å². The highest BCUT2D eigenvalue weighted by Gasteiger charge is 2.19. The van der Waals surface area contributed by atoms with E-state index in [2.05, 4.69) is 5.32 Å². The van der Waals surface area contributed by atoms with E-state index in [1.165, 1.54) is 0 Å². The van der Waals surface area contributed by atoms with Gasteiger partial charge in [0.15, 0.2) is 5.92 Å². The van der Waals surface area contributed by atoms with E-state index >= 15 is 0 Å². The summed E-state index contributed by atoms with van der Waals surface area (Å²) in [7, 11) is 0. The average Bonchev–Trinajstić information content (AvgIpc) is 2.50. The topological polar surface area (TPSA) is 76.7 Å². The molecule has 4 nitrogen and oxygen atoms in total. The highest BCUT2D eigenvalue weighted by Crippen LogP contribution is 2.17. The van der Waals surface area contributed by atoms with E-state index < -0.39 is 5.92 Å².